The monoisotopic (exact) mass is 166 g/mol. The molecule has 0 unspecified atom stereocenters. The van der Waals surface area contributed by atoms with Crippen molar-refractivity contribution in [1.29, 1.82) is 0 Å². The molecule has 1 aromatic rings. The Morgan fingerprint density at radius 3 is 2.55 bits per heavy atom. The molecule has 0 fully saturated rings. The Morgan fingerprint density at radius 1 is 1.36 bits per heavy atom. The molecular weight excluding hydrogens is 156 g/mol. The van der Waals surface area contributed by atoms with Gasteiger partial charge in [0.05, 0.1) is 0 Å². The Kier molecular flexibility index (Phi) is 3.18. The maximum Gasteiger partial charge on any atom is 0.0438 e. The van der Waals surface area contributed by atoms with Crippen molar-refractivity contribution in [3.8, 4) is 0 Å². The third kappa shape index (κ3) is 2.39. The summed E-state index contributed by atoms with van der Waals surface area (Å²) in [5.74, 6) is 0. The zero-order chi connectivity index (χ0) is 8.10. The van der Waals surface area contributed by atoms with Crippen LogP contribution in [0.25, 0.3) is 5.03 Å². The first kappa shape index (κ1) is 8.35. The number of rotatable bonds is 2. The highest BCUT2D eigenvalue weighted by atomic mass is 35.5. The van der Waals surface area contributed by atoms with Crippen molar-refractivity contribution in [1.82, 2.24) is 0 Å². The van der Waals surface area contributed by atoms with E-state index in [-0.39, 0.29) is 0 Å². The van der Waals surface area contributed by atoms with E-state index in [0.29, 0.717) is 0 Å². The van der Waals surface area contributed by atoms with Gasteiger partial charge in [-0.3, -0.25) is 0 Å². The van der Waals surface area contributed by atoms with Gasteiger partial charge in [0.1, 0.15) is 0 Å². The molecule has 0 aromatic heterocycles. The fraction of sp³-hybridized carbons (Fsp3) is 0.200. The number of benzene rings is 1. The summed E-state index contributed by atoms with van der Waals surface area (Å²) < 4.78 is 0. The summed E-state index contributed by atoms with van der Waals surface area (Å²) in [5.41, 5.74) is 1.09. The minimum atomic E-state index is 0.841. The maximum atomic E-state index is 5.97. The molecule has 1 heteroatoms. The highest BCUT2D eigenvalue weighted by molar-refractivity contribution is 6.48. The van der Waals surface area contributed by atoms with E-state index in [2.05, 4.69) is 6.92 Å². The van der Waals surface area contributed by atoms with E-state index in [1.807, 2.05) is 36.4 Å². The molecule has 1 rings (SSSR count). The first-order chi connectivity index (χ1) is 5.34. The molecule has 0 heterocycles. The van der Waals surface area contributed by atoms with E-state index >= 15 is 0 Å². The summed E-state index contributed by atoms with van der Waals surface area (Å²) >= 11 is 5.97. The van der Waals surface area contributed by atoms with E-state index in [9.17, 15) is 0 Å². The summed E-state index contributed by atoms with van der Waals surface area (Å²) in [6.07, 6.45) is 2.99. The third-order valence-electron chi connectivity index (χ3n) is 1.43. The van der Waals surface area contributed by atoms with E-state index in [0.717, 1.165) is 17.0 Å². The van der Waals surface area contributed by atoms with Crippen LogP contribution in [-0.2, 0) is 0 Å². The van der Waals surface area contributed by atoms with E-state index in [1.54, 1.807) is 0 Å². The molecule has 0 aliphatic rings. The van der Waals surface area contributed by atoms with E-state index in [1.165, 1.54) is 0 Å². The van der Waals surface area contributed by atoms with Crippen LogP contribution in [0.5, 0.6) is 0 Å². The van der Waals surface area contributed by atoms with Crippen LogP contribution in [0.3, 0.4) is 0 Å². The third-order valence-corrected chi connectivity index (χ3v) is 1.81. The molecule has 0 atom stereocenters. The Morgan fingerprint density at radius 2 is 2.00 bits per heavy atom. The van der Waals surface area contributed by atoms with Crippen molar-refractivity contribution in [2.45, 2.75) is 13.3 Å². The van der Waals surface area contributed by atoms with Crippen LogP contribution in [-0.4, -0.2) is 0 Å². The topological polar surface area (TPSA) is 0 Å². The number of hydrogen-bond acceptors (Lipinski definition) is 0. The molecule has 0 spiro atoms. The van der Waals surface area contributed by atoms with Crippen LogP contribution in [0.1, 0.15) is 18.9 Å². The normalized spacial score (nSPS) is 11.6. The second kappa shape index (κ2) is 4.20. The SMILES string of the molecule is CC/C=C(/Cl)c1ccccc1. The first-order valence-electron chi connectivity index (χ1n) is 3.75. The summed E-state index contributed by atoms with van der Waals surface area (Å²) in [6, 6.07) is 9.98. The molecule has 0 saturated carbocycles. The lowest BCUT2D eigenvalue weighted by Crippen LogP contribution is -1.73. The van der Waals surface area contributed by atoms with E-state index < -0.39 is 0 Å². The molecular formula is C10H11Cl. The molecule has 11 heavy (non-hydrogen) atoms. The zero-order valence-electron chi connectivity index (χ0n) is 6.55. The van der Waals surface area contributed by atoms with Crippen molar-refractivity contribution in [3.05, 3.63) is 42.0 Å². The number of allylic oxidation sites excluding steroid dienone is 1. The van der Waals surface area contributed by atoms with Gasteiger partial charge in [0, 0.05) is 5.03 Å². The zero-order valence-corrected chi connectivity index (χ0v) is 7.31. The Bertz CT molecular complexity index is 236. The molecule has 1 aromatic carbocycles. The summed E-state index contributed by atoms with van der Waals surface area (Å²) in [4.78, 5) is 0. The fourth-order valence-electron chi connectivity index (χ4n) is 0.894. The summed E-state index contributed by atoms with van der Waals surface area (Å²) in [7, 11) is 0. The van der Waals surface area contributed by atoms with Crippen LogP contribution in [0.15, 0.2) is 36.4 Å². The predicted molar refractivity (Wildman–Crippen MR) is 50.6 cm³/mol. The van der Waals surface area contributed by atoms with Crippen LogP contribution >= 0.6 is 11.6 Å². The molecule has 0 aliphatic carbocycles. The van der Waals surface area contributed by atoms with Gasteiger partial charge < -0.3 is 0 Å². The maximum absolute atomic E-state index is 5.97. The van der Waals surface area contributed by atoms with Crippen LogP contribution in [0.4, 0.5) is 0 Å². The van der Waals surface area contributed by atoms with Gasteiger partial charge in [-0.15, -0.1) is 0 Å². The highest BCUT2D eigenvalue weighted by Crippen LogP contribution is 2.18. The molecule has 0 radical (unpaired) electrons. The minimum Gasteiger partial charge on any atom is -0.0840 e. The van der Waals surface area contributed by atoms with Crippen LogP contribution in [0, 0.1) is 0 Å². The minimum absolute atomic E-state index is 0.841. The molecule has 0 nitrogen and oxygen atoms in total. The molecule has 0 aliphatic heterocycles. The number of hydrogen-bond donors (Lipinski definition) is 0. The van der Waals surface area contributed by atoms with Crippen molar-refractivity contribution in [2.24, 2.45) is 0 Å². The van der Waals surface area contributed by atoms with Crippen LogP contribution in [0.2, 0.25) is 0 Å². The standard InChI is InChI=1S/C10H11Cl/c1-2-6-10(11)9-7-4-3-5-8-9/h3-8H,2H2,1H3/b10-6+. The first-order valence-corrected chi connectivity index (χ1v) is 4.13. The molecule has 0 amide bonds. The van der Waals surface area contributed by atoms with Gasteiger partial charge in [0.2, 0.25) is 0 Å². The molecule has 0 N–H and O–H groups in total. The Hall–Kier alpha value is -0.750. The smallest absolute Gasteiger partial charge is 0.0438 e. The second-order valence-electron chi connectivity index (χ2n) is 2.33. The fourth-order valence-corrected chi connectivity index (χ4v) is 1.17. The molecule has 58 valence electrons. The largest absolute Gasteiger partial charge is 0.0840 e. The van der Waals surface area contributed by atoms with Gasteiger partial charge in [-0.2, -0.15) is 0 Å². The van der Waals surface area contributed by atoms with Gasteiger partial charge in [0.25, 0.3) is 0 Å². The lowest BCUT2D eigenvalue weighted by Gasteiger charge is -1.96. The number of halogens is 1. The molecule has 0 saturated heterocycles. The van der Waals surface area contributed by atoms with Crippen LogP contribution < -0.4 is 0 Å². The summed E-state index contributed by atoms with van der Waals surface area (Å²) in [5, 5.41) is 0.841. The predicted octanol–water partition coefficient (Wildman–Crippen LogP) is 3.68. The van der Waals surface area contributed by atoms with Crippen molar-refractivity contribution >= 4 is 16.6 Å². The lowest BCUT2D eigenvalue weighted by molar-refractivity contribution is 1.23. The van der Waals surface area contributed by atoms with Gasteiger partial charge in [0.15, 0.2) is 0 Å². The molecule has 0 bridgehead atoms. The average molecular weight is 167 g/mol. The van der Waals surface area contributed by atoms with Gasteiger partial charge in [-0.1, -0.05) is 54.9 Å². The Balaban J connectivity index is 2.85. The second-order valence-corrected chi connectivity index (χ2v) is 2.73. The van der Waals surface area contributed by atoms with Gasteiger partial charge >= 0.3 is 0 Å². The summed E-state index contributed by atoms with van der Waals surface area (Å²) in [6.45, 7) is 2.07. The van der Waals surface area contributed by atoms with Crippen molar-refractivity contribution < 1.29 is 0 Å². The van der Waals surface area contributed by atoms with Gasteiger partial charge in [-0.25, -0.2) is 0 Å². The van der Waals surface area contributed by atoms with Crippen molar-refractivity contribution in [3.63, 3.8) is 0 Å². The highest BCUT2D eigenvalue weighted by Gasteiger charge is 1.92. The van der Waals surface area contributed by atoms with Gasteiger partial charge in [-0.05, 0) is 12.0 Å². The van der Waals surface area contributed by atoms with E-state index in [4.69, 9.17) is 11.6 Å². The van der Waals surface area contributed by atoms with Crippen molar-refractivity contribution in [2.75, 3.05) is 0 Å². The Labute approximate surface area is 72.5 Å². The average Bonchev–Trinajstić information content (AvgIpc) is 2.07. The quantitative estimate of drug-likeness (QED) is 0.629. The lowest BCUT2D eigenvalue weighted by atomic mass is 10.2.